The second-order valence-corrected chi connectivity index (χ2v) is 8.51. The molecule has 0 aliphatic rings. The van der Waals surface area contributed by atoms with E-state index in [4.69, 9.17) is 4.74 Å². The number of benzene rings is 2. The minimum absolute atomic E-state index is 0.0871. The minimum Gasteiger partial charge on any atom is -0.444 e. The standard InChI is InChI=1S/C24H31NO3/c1-13-10-11-20(25-23(27)28-24(7,8)9)19(12-13)22(26)21-17(5)15(3)14(2)16(4)18(21)6/h10-12H,1-9H3,(H,25,27). The van der Waals surface area contributed by atoms with Gasteiger partial charge in [-0.3, -0.25) is 10.1 Å². The van der Waals surface area contributed by atoms with Gasteiger partial charge in [-0.25, -0.2) is 4.79 Å². The Morgan fingerprint density at radius 3 is 1.82 bits per heavy atom. The topological polar surface area (TPSA) is 55.4 Å². The summed E-state index contributed by atoms with van der Waals surface area (Å²) in [4.78, 5) is 25.8. The molecule has 1 amide bonds. The fourth-order valence-electron chi connectivity index (χ4n) is 3.34. The smallest absolute Gasteiger partial charge is 0.412 e. The predicted octanol–water partition coefficient (Wildman–Crippen LogP) is 6.12. The quantitative estimate of drug-likeness (QED) is 0.652. The predicted molar refractivity (Wildman–Crippen MR) is 115 cm³/mol. The van der Waals surface area contributed by atoms with E-state index in [-0.39, 0.29) is 5.78 Å². The van der Waals surface area contributed by atoms with E-state index in [1.807, 2.05) is 46.8 Å². The zero-order valence-electron chi connectivity index (χ0n) is 18.5. The first-order chi connectivity index (χ1) is 12.8. The van der Waals surface area contributed by atoms with Crippen LogP contribution in [-0.4, -0.2) is 17.5 Å². The molecule has 150 valence electrons. The number of anilines is 1. The molecule has 0 bridgehead atoms. The molecular weight excluding hydrogens is 350 g/mol. The van der Waals surface area contributed by atoms with Crippen LogP contribution >= 0.6 is 0 Å². The molecule has 2 aromatic carbocycles. The largest absolute Gasteiger partial charge is 0.444 e. The lowest BCUT2D eigenvalue weighted by molar-refractivity contribution is 0.0636. The number of amides is 1. The molecule has 0 atom stereocenters. The van der Waals surface area contributed by atoms with Crippen molar-refractivity contribution in [1.82, 2.24) is 0 Å². The molecule has 0 aliphatic heterocycles. The van der Waals surface area contributed by atoms with Crippen LogP contribution in [0.25, 0.3) is 0 Å². The Morgan fingerprint density at radius 1 is 0.821 bits per heavy atom. The van der Waals surface area contributed by atoms with Crippen LogP contribution in [0.2, 0.25) is 0 Å². The third kappa shape index (κ3) is 4.44. The molecule has 1 N–H and O–H groups in total. The maximum Gasteiger partial charge on any atom is 0.412 e. The van der Waals surface area contributed by atoms with Crippen LogP contribution in [0.4, 0.5) is 10.5 Å². The molecule has 0 fully saturated rings. The molecule has 0 saturated heterocycles. The molecule has 0 heterocycles. The number of rotatable bonds is 3. The Kier molecular flexibility index (Phi) is 6.03. The first-order valence-electron chi connectivity index (χ1n) is 9.55. The van der Waals surface area contributed by atoms with E-state index in [1.165, 1.54) is 5.56 Å². The Bertz CT molecular complexity index is 920. The minimum atomic E-state index is -0.614. The summed E-state index contributed by atoms with van der Waals surface area (Å²) in [5.41, 5.74) is 7.40. The van der Waals surface area contributed by atoms with Crippen LogP contribution in [0.1, 0.15) is 70.1 Å². The molecule has 28 heavy (non-hydrogen) atoms. The lowest BCUT2D eigenvalue weighted by Crippen LogP contribution is -2.28. The fraction of sp³-hybridized carbons (Fsp3) is 0.417. The van der Waals surface area contributed by atoms with Crippen molar-refractivity contribution in [3.05, 3.63) is 62.7 Å². The highest BCUT2D eigenvalue weighted by molar-refractivity contribution is 6.15. The van der Waals surface area contributed by atoms with Gasteiger partial charge in [-0.1, -0.05) is 11.6 Å². The Morgan fingerprint density at radius 2 is 1.32 bits per heavy atom. The van der Waals surface area contributed by atoms with Crippen LogP contribution in [0.5, 0.6) is 0 Å². The van der Waals surface area contributed by atoms with Crippen molar-refractivity contribution in [3.63, 3.8) is 0 Å². The normalized spacial score (nSPS) is 11.3. The summed E-state index contributed by atoms with van der Waals surface area (Å²) >= 11 is 0. The highest BCUT2D eigenvalue weighted by Gasteiger charge is 2.23. The first-order valence-corrected chi connectivity index (χ1v) is 9.55. The van der Waals surface area contributed by atoms with Crippen molar-refractivity contribution >= 4 is 17.6 Å². The Labute approximate surface area is 168 Å². The van der Waals surface area contributed by atoms with Gasteiger partial charge in [0.15, 0.2) is 5.78 Å². The van der Waals surface area contributed by atoms with Crippen molar-refractivity contribution in [2.75, 3.05) is 5.32 Å². The number of carbonyl (C=O) groups is 2. The lowest BCUT2D eigenvalue weighted by atomic mass is 9.85. The average Bonchev–Trinajstić information content (AvgIpc) is 2.58. The van der Waals surface area contributed by atoms with E-state index < -0.39 is 11.7 Å². The number of hydrogen-bond donors (Lipinski definition) is 1. The summed E-state index contributed by atoms with van der Waals surface area (Å²) < 4.78 is 5.35. The summed E-state index contributed by atoms with van der Waals surface area (Å²) in [6, 6.07) is 5.44. The highest BCUT2D eigenvalue weighted by Crippen LogP contribution is 2.30. The van der Waals surface area contributed by atoms with E-state index in [2.05, 4.69) is 12.2 Å². The molecule has 2 aromatic rings. The van der Waals surface area contributed by atoms with E-state index in [0.717, 1.165) is 27.8 Å². The van der Waals surface area contributed by atoms with Gasteiger partial charge in [0.05, 0.1) is 5.69 Å². The molecule has 2 rings (SSSR count). The van der Waals surface area contributed by atoms with Gasteiger partial charge in [0.25, 0.3) is 0 Å². The molecule has 0 aromatic heterocycles. The molecular formula is C24H31NO3. The second-order valence-electron chi connectivity index (χ2n) is 8.51. The van der Waals surface area contributed by atoms with Crippen LogP contribution in [0, 0.1) is 41.5 Å². The van der Waals surface area contributed by atoms with Crippen molar-refractivity contribution in [2.45, 2.75) is 67.9 Å². The fourth-order valence-corrected chi connectivity index (χ4v) is 3.34. The molecule has 0 aliphatic carbocycles. The second kappa shape index (κ2) is 7.78. The molecule has 0 unspecified atom stereocenters. The van der Waals surface area contributed by atoms with E-state index in [1.54, 1.807) is 26.8 Å². The summed E-state index contributed by atoms with van der Waals surface area (Å²) in [5.74, 6) is -0.0871. The van der Waals surface area contributed by atoms with Crippen LogP contribution in [-0.2, 0) is 4.74 Å². The monoisotopic (exact) mass is 381 g/mol. The van der Waals surface area contributed by atoms with E-state index in [0.29, 0.717) is 16.8 Å². The number of aryl methyl sites for hydroxylation is 1. The Balaban J connectivity index is 2.56. The number of ether oxygens (including phenoxy) is 1. The van der Waals surface area contributed by atoms with Gasteiger partial charge < -0.3 is 4.74 Å². The maximum atomic E-state index is 13.6. The SMILES string of the molecule is Cc1ccc(NC(=O)OC(C)(C)C)c(C(=O)c2c(C)c(C)c(C)c(C)c2C)c1. The third-order valence-electron chi connectivity index (χ3n) is 5.28. The zero-order valence-corrected chi connectivity index (χ0v) is 18.5. The number of nitrogens with one attached hydrogen (secondary N) is 1. The van der Waals surface area contributed by atoms with Crippen LogP contribution < -0.4 is 5.32 Å². The van der Waals surface area contributed by atoms with Crippen molar-refractivity contribution in [2.24, 2.45) is 0 Å². The summed E-state index contributed by atoms with van der Waals surface area (Å²) in [6.45, 7) is 17.5. The van der Waals surface area contributed by atoms with Gasteiger partial charge in [-0.05, 0) is 102 Å². The molecule has 4 nitrogen and oxygen atoms in total. The highest BCUT2D eigenvalue weighted by atomic mass is 16.6. The van der Waals surface area contributed by atoms with Crippen LogP contribution in [0.15, 0.2) is 18.2 Å². The van der Waals surface area contributed by atoms with E-state index >= 15 is 0 Å². The van der Waals surface area contributed by atoms with Gasteiger partial charge in [-0.15, -0.1) is 0 Å². The number of carbonyl (C=O) groups excluding carboxylic acids is 2. The molecule has 0 saturated carbocycles. The van der Waals surface area contributed by atoms with Gasteiger partial charge in [-0.2, -0.15) is 0 Å². The Hall–Kier alpha value is -2.62. The van der Waals surface area contributed by atoms with E-state index in [9.17, 15) is 9.59 Å². The van der Waals surface area contributed by atoms with Gasteiger partial charge in [0.1, 0.15) is 5.60 Å². The van der Waals surface area contributed by atoms with Gasteiger partial charge >= 0.3 is 6.09 Å². The summed E-state index contributed by atoms with van der Waals surface area (Å²) in [5, 5.41) is 2.74. The third-order valence-corrected chi connectivity index (χ3v) is 5.28. The van der Waals surface area contributed by atoms with Crippen molar-refractivity contribution in [1.29, 1.82) is 0 Å². The molecule has 4 heteroatoms. The first kappa shape index (κ1) is 21.7. The van der Waals surface area contributed by atoms with Gasteiger partial charge in [0, 0.05) is 11.1 Å². The summed E-state index contributed by atoms with van der Waals surface area (Å²) in [6.07, 6.45) is -0.574. The summed E-state index contributed by atoms with van der Waals surface area (Å²) in [7, 11) is 0. The maximum absolute atomic E-state index is 13.6. The van der Waals surface area contributed by atoms with Crippen molar-refractivity contribution in [3.8, 4) is 0 Å². The van der Waals surface area contributed by atoms with Crippen molar-refractivity contribution < 1.29 is 14.3 Å². The van der Waals surface area contributed by atoms with Crippen LogP contribution in [0.3, 0.4) is 0 Å². The average molecular weight is 382 g/mol. The zero-order chi connectivity index (χ0) is 21.4. The number of ketones is 1. The molecule has 0 radical (unpaired) electrons. The molecule has 0 spiro atoms. The van der Waals surface area contributed by atoms with Gasteiger partial charge in [0.2, 0.25) is 0 Å². The number of hydrogen-bond acceptors (Lipinski definition) is 3. The lowest BCUT2D eigenvalue weighted by Gasteiger charge is -2.21.